The van der Waals surface area contributed by atoms with Crippen molar-refractivity contribution in [3.8, 4) is 0 Å². The molecule has 122 valence electrons. The summed E-state index contributed by atoms with van der Waals surface area (Å²) in [6, 6.07) is 6.95. The van der Waals surface area contributed by atoms with Crippen molar-refractivity contribution >= 4 is 34.4 Å². The van der Waals surface area contributed by atoms with Crippen molar-refractivity contribution in [2.45, 2.75) is 33.3 Å². The Morgan fingerprint density at radius 2 is 2.09 bits per heavy atom. The van der Waals surface area contributed by atoms with Crippen LogP contribution < -0.4 is 5.32 Å². The molecule has 1 unspecified atom stereocenters. The number of carbonyl (C=O) groups is 2. The van der Waals surface area contributed by atoms with Crippen molar-refractivity contribution in [1.29, 1.82) is 0 Å². The summed E-state index contributed by atoms with van der Waals surface area (Å²) in [5.74, 6) is -0.884. The predicted octanol–water partition coefficient (Wildman–Crippen LogP) is 3.27. The highest BCUT2D eigenvalue weighted by Crippen LogP contribution is 2.21. The number of nitrogens with one attached hydrogen (secondary N) is 1. The molecule has 0 aliphatic rings. The molecule has 0 aliphatic heterocycles. The van der Waals surface area contributed by atoms with Gasteiger partial charge in [-0.2, -0.15) is 0 Å². The molecule has 6 heteroatoms. The lowest BCUT2D eigenvalue weighted by atomic mass is 10.1. The van der Waals surface area contributed by atoms with Crippen LogP contribution in [0.25, 0.3) is 10.9 Å². The number of carbonyl (C=O) groups excluding carboxylic acids is 2. The number of rotatable bonds is 5. The number of nitrogens with zero attached hydrogens (tertiary/aromatic N) is 1. The second-order valence-corrected chi connectivity index (χ2v) is 5.73. The lowest BCUT2D eigenvalue weighted by Gasteiger charge is -2.14. The molecular formula is C17H19ClN2O3. The van der Waals surface area contributed by atoms with Gasteiger partial charge in [-0.15, -0.1) is 0 Å². The molecule has 0 aliphatic carbocycles. The van der Waals surface area contributed by atoms with E-state index in [9.17, 15) is 9.59 Å². The van der Waals surface area contributed by atoms with Gasteiger partial charge >= 0.3 is 5.97 Å². The molecule has 1 amide bonds. The molecule has 0 bridgehead atoms. The molecule has 0 saturated heterocycles. The lowest BCUT2D eigenvalue weighted by molar-refractivity contribution is -0.129. The van der Waals surface area contributed by atoms with Gasteiger partial charge in [0, 0.05) is 17.0 Å². The van der Waals surface area contributed by atoms with Crippen LogP contribution in [0, 0.1) is 6.92 Å². The van der Waals surface area contributed by atoms with E-state index in [2.05, 4.69) is 10.3 Å². The largest absolute Gasteiger partial charge is 0.449 e. The van der Waals surface area contributed by atoms with Crippen molar-refractivity contribution in [2.75, 3.05) is 6.54 Å². The molecule has 0 radical (unpaired) electrons. The molecule has 0 saturated carbocycles. The van der Waals surface area contributed by atoms with Gasteiger partial charge in [0.15, 0.2) is 6.10 Å². The van der Waals surface area contributed by atoms with E-state index in [-0.39, 0.29) is 5.91 Å². The molecule has 1 N–H and O–H groups in total. The van der Waals surface area contributed by atoms with E-state index in [1.807, 2.05) is 6.92 Å². The molecule has 0 fully saturated rings. The van der Waals surface area contributed by atoms with Crippen LogP contribution >= 0.6 is 11.6 Å². The van der Waals surface area contributed by atoms with Crippen molar-refractivity contribution < 1.29 is 14.3 Å². The average molecular weight is 335 g/mol. The number of hydrogen-bond acceptors (Lipinski definition) is 4. The molecule has 0 spiro atoms. The summed E-state index contributed by atoms with van der Waals surface area (Å²) in [6.07, 6.45) is -0.0376. The van der Waals surface area contributed by atoms with E-state index in [4.69, 9.17) is 16.3 Å². The van der Waals surface area contributed by atoms with Gasteiger partial charge in [-0.25, -0.2) is 4.79 Å². The molecule has 2 aromatic rings. The first kappa shape index (κ1) is 17.2. The van der Waals surface area contributed by atoms with Crippen LogP contribution in [0.5, 0.6) is 0 Å². The zero-order chi connectivity index (χ0) is 17.0. The summed E-state index contributed by atoms with van der Waals surface area (Å²) < 4.78 is 5.23. The lowest BCUT2D eigenvalue weighted by Crippen LogP contribution is -2.36. The molecule has 2 rings (SSSR count). The van der Waals surface area contributed by atoms with Gasteiger partial charge in [-0.05, 0) is 44.5 Å². The van der Waals surface area contributed by atoms with Gasteiger partial charge in [0.05, 0.1) is 16.8 Å². The Hall–Kier alpha value is -2.14. The minimum absolute atomic E-state index is 0.311. The topological polar surface area (TPSA) is 68.3 Å². The van der Waals surface area contributed by atoms with Crippen LogP contribution in [0.2, 0.25) is 5.02 Å². The Bertz CT molecular complexity index is 746. The van der Waals surface area contributed by atoms with Crippen molar-refractivity contribution in [3.05, 3.63) is 40.5 Å². The summed E-state index contributed by atoms with van der Waals surface area (Å²) >= 11 is 5.97. The number of aromatic nitrogens is 1. The van der Waals surface area contributed by atoms with Crippen molar-refractivity contribution in [3.63, 3.8) is 0 Å². The molecule has 1 aromatic carbocycles. The van der Waals surface area contributed by atoms with Gasteiger partial charge in [-0.3, -0.25) is 9.78 Å². The zero-order valence-electron chi connectivity index (χ0n) is 13.4. The summed E-state index contributed by atoms with van der Waals surface area (Å²) in [4.78, 5) is 28.5. The molecular weight excluding hydrogens is 316 g/mol. The van der Waals surface area contributed by atoms with Crippen LogP contribution in [0.4, 0.5) is 0 Å². The zero-order valence-corrected chi connectivity index (χ0v) is 14.1. The highest BCUT2D eigenvalue weighted by Gasteiger charge is 2.20. The van der Waals surface area contributed by atoms with Gasteiger partial charge in [-0.1, -0.05) is 18.5 Å². The average Bonchev–Trinajstić information content (AvgIpc) is 2.52. The van der Waals surface area contributed by atoms with Crippen molar-refractivity contribution in [1.82, 2.24) is 10.3 Å². The predicted molar refractivity (Wildman–Crippen MR) is 89.7 cm³/mol. The fourth-order valence-corrected chi connectivity index (χ4v) is 2.30. The Balaban J connectivity index is 2.20. The molecule has 1 atom stereocenters. The maximum atomic E-state index is 12.3. The second-order valence-electron chi connectivity index (χ2n) is 5.30. The smallest absolute Gasteiger partial charge is 0.340 e. The number of halogens is 1. The van der Waals surface area contributed by atoms with Crippen LogP contribution in [0.1, 0.15) is 36.3 Å². The van der Waals surface area contributed by atoms with Gasteiger partial charge < -0.3 is 10.1 Å². The number of ether oxygens (including phenoxy) is 1. The maximum Gasteiger partial charge on any atom is 0.340 e. The summed E-state index contributed by atoms with van der Waals surface area (Å²) in [5, 5.41) is 4.00. The van der Waals surface area contributed by atoms with Crippen LogP contribution in [0.3, 0.4) is 0 Å². The summed E-state index contributed by atoms with van der Waals surface area (Å²) in [7, 11) is 0. The van der Waals surface area contributed by atoms with E-state index in [0.29, 0.717) is 22.8 Å². The fraction of sp³-hybridized carbons (Fsp3) is 0.353. The Labute approximate surface area is 140 Å². The van der Waals surface area contributed by atoms with Crippen LogP contribution in [0.15, 0.2) is 24.3 Å². The summed E-state index contributed by atoms with van der Waals surface area (Å²) in [5.41, 5.74) is 1.62. The highest BCUT2D eigenvalue weighted by atomic mass is 35.5. The van der Waals surface area contributed by atoms with Crippen LogP contribution in [-0.2, 0) is 9.53 Å². The van der Waals surface area contributed by atoms with E-state index in [1.165, 1.54) is 0 Å². The minimum Gasteiger partial charge on any atom is -0.449 e. The van der Waals surface area contributed by atoms with E-state index in [0.717, 1.165) is 17.3 Å². The van der Waals surface area contributed by atoms with E-state index >= 15 is 0 Å². The first-order valence-corrected chi connectivity index (χ1v) is 7.85. The molecule has 23 heavy (non-hydrogen) atoms. The number of amides is 1. The van der Waals surface area contributed by atoms with Crippen LogP contribution in [-0.4, -0.2) is 29.5 Å². The number of benzene rings is 1. The van der Waals surface area contributed by atoms with E-state index in [1.54, 1.807) is 38.1 Å². The number of fused-ring (bicyclic) bond motifs is 1. The van der Waals surface area contributed by atoms with E-state index < -0.39 is 12.1 Å². The fourth-order valence-electron chi connectivity index (χ4n) is 2.12. The quantitative estimate of drug-likeness (QED) is 0.852. The third-order valence-electron chi connectivity index (χ3n) is 3.39. The third-order valence-corrected chi connectivity index (χ3v) is 3.62. The number of pyridine rings is 1. The Morgan fingerprint density at radius 1 is 1.35 bits per heavy atom. The Kier molecular flexibility index (Phi) is 5.55. The first-order valence-electron chi connectivity index (χ1n) is 7.48. The number of hydrogen-bond donors (Lipinski definition) is 1. The van der Waals surface area contributed by atoms with Gasteiger partial charge in [0.25, 0.3) is 5.91 Å². The highest BCUT2D eigenvalue weighted by molar-refractivity contribution is 6.31. The normalized spacial score (nSPS) is 12.0. The maximum absolute atomic E-state index is 12.3. The molecule has 5 nitrogen and oxygen atoms in total. The van der Waals surface area contributed by atoms with Gasteiger partial charge in [0.1, 0.15) is 0 Å². The number of aryl methyl sites for hydroxylation is 1. The standard InChI is InChI=1S/C17H19ClN2O3/c1-4-7-19-16(21)11(3)23-17(22)14-9-12-8-13(18)5-6-15(12)20-10(14)2/h5-6,8-9,11H,4,7H2,1-3H3,(H,19,21). The van der Waals surface area contributed by atoms with Gasteiger partial charge in [0.2, 0.25) is 0 Å². The molecule has 1 aromatic heterocycles. The third kappa shape index (κ3) is 4.20. The molecule has 1 heterocycles. The second kappa shape index (κ2) is 7.42. The SMILES string of the molecule is CCCNC(=O)C(C)OC(=O)c1cc2cc(Cl)ccc2nc1C. The number of esters is 1. The first-order chi connectivity index (χ1) is 10.9. The minimum atomic E-state index is -0.858. The summed E-state index contributed by atoms with van der Waals surface area (Å²) in [6.45, 7) is 5.78. The Morgan fingerprint density at radius 3 is 2.78 bits per heavy atom. The van der Waals surface area contributed by atoms with Crippen molar-refractivity contribution in [2.24, 2.45) is 0 Å². The monoisotopic (exact) mass is 334 g/mol.